The molecule has 1 rings (SSSR count). The Hall–Kier alpha value is -1.10. The molecule has 1 N–H and O–H groups in total. The first-order chi connectivity index (χ1) is 7.57. The highest BCUT2D eigenvalue weighted by Crippen LogP contribution is 2.23. The highest BCUT2D eigenvalue weighted by Gasteiger charge is 2.36. The standard InChI is InChI=1S/C11H19NO4/c1-3-16-7-9(13)12-6-4-5-8(2)10(12)11(14)15/h8,10H,3-7H2,1-2H3,(H,14,15). The zero-order valence-corrected chi connectivity index (χ0v) is 9.81. The maximum atomic E-state index is 11.8. The Morgan fingerprint density at radius 1 is 1.50 bits per heavy atom. The van der Waals surface area contributed by atoms with Crippen molar-refractivity contribution in [2.75, 3.05) is 19.8 Å². The summed E-state index contributed by atoms with van der Waals surface area (Å²) in [7, 11) is 0. The van der Waals surface area contributed by atoms with Gasteiger partial charge >= 0.3 is 5.97 Å². The quantitative estimate of drug-likeness (QED) is 0.772. The average molecular weight is 229 g/mol. The van der Waals surface area contributed by atoms with Crippen molar-refractivity contribution in [1.82, 2.24) is 4.90 Å². The second-order valence-corrected chi connectivity index (χ2v) is 4.13. The molecule has 1 amide bonds. The Morgan fingerprint density at radius 2 is 2.19 bits per heavy atom. The molecule has 2 atom stereocenters. The van der Waals surface area contributed by atoms with Gasteiger partial charge in [-0.05, 0) is 25.7 Å². The fourth-order valence-corrected chi connectivity index (χ4v) is 2.12. The smallest absolute Gasteiger partial charge is 0.326 e. The van der Waals surface area contributed by atoms with E-state index in [2.05, 4.69) is 0 Å². The van der Waals surface area contributed by atoms with Crippen LogP contribution in [0.3, 0.4) is 0 Å². The molecular formula is C11H19NO4. The van der Waals surface area contributed by atoms with E-state index in [0.29, 0.717) is 13.2 Å². The van der Waals surface area contributed by atoms with Crippen molar-refractivity contribution < 1.29 is 19.4 Å². The van der Waals surface area contributed by atoms with Gasteiger partial charge in [-0.15, -0.1) is 0 Å². The molecule has 16 heavy (non-hydrogen) atoms. The van der Waals surface area contributed by atoms with Crippen molar-refractivity contribution in [1.29, 1.82) is 0 Å². The SMILES string of the molecule is CCOCC(=O)N1CCCC(C)C1C(=O)O. The lowest BCUT2D eigenvalue weighted by molar-refractivity contribution is -0.156. The number of piperidine rings is 1. The average Bonchev–Trinajstić information content (AvgIpc) is 2.24. The molecule has 2 unspecified atom stereocenters. The molecule has 1 fully saturated rings. The number of likely N-dealkylation sites (tertiary alicyclic amines) is 1. The first-order valence-electron chi connectivity index (χ1n) is 5.68. The molecule has 1 aliphatic rings. The van der Waals surface area contributed by atoms with Crippen molar-refractivity contribution in [3.05, 3.63) is 0 Å². The van der Waals surface area contributed by atoms with Crippen LogP contribution in [0.1, 0.15) is 26.7 Å². The topological polar surface area (TPSA) is 66.8 Å². The Balaban J connectivity index is 2.67. The summed E-state index contributed by atoms with van der Waals surface area (Å²) in [5.74, 6) is -1.13. The van der Waals surface area contributed by atoms with Crippen LogP contribution in [0.4, 0.5) is 0 Å². The van der Waals surface area contributed by atoms with Crippen LogP contribution in [0.2, 0.25) is 0 Å². The summed E-state index contributed by atoms with van der Waals surface area (Å²) >= 11 is 0. The number of carbonyl (C=O) groups is 2. The largest absolute Gasteiger partial charge is 0.480 e. The van der Waals surface area contributed by atoms with Gasteiger partial charge in [0.2, 0.25) is 5.91 Å². The zero-order chi connectivity index (χ0) is 12.1. The van der Waals surface area contributed by atoms with E-state index >= 15 is 0 Å². The number of hydrogen-bond donors (Lipinski definition) is 1. The van der Waals surface area contributed by atoms with E-state index in [1.165, 1.54) is 4.90 Å². The number of nitrogens with zero attached hydrogens (tertiary/aromatic N) is 1. The molecule has 0 saturated carbocycles. The van der Waals surface area contributed by atoms with Gasteiger partial charge in [0.05, 0.1) is 0 Å². The molecular weight excluding hydrogens is 210 g/mol. The summed E-state index contributed by atoms with van der Waals surface area (Å²) in [6, 6.07) is -0.693. The number of carboxylic acid groups (broad SMARTS) is 1. The van der Waals surface area contributed by atoms with E-state index in [-0.39, 0.29) is 18.4 Å². The minimum Gasteiger partial charge on any atom is -0.480 e. The lowest BCUT2D eigenvalue weighted by Gasteiger charge is -2.37. The molecule has 5 heteroatoms. The molecule has 0 aliphatic carbocycles. The predicted octanol–water partition coefficient (Wildman–Crippen LogP) is 0.735. The van der Waals surface area contributed by atoms with E-state index < -0.39 is 12.0 Å². The lowest BCUT2D eigenvalue weighted by Crippen LogP contribution is -2.52. The summed E-state index contributed by atoms with van der Waals surface area (Å²) in [6.45, 7) is 4.65. The van der Waals surface area contributed by atoms with Gasteiger partial charge in [0.25, 0.3) is 0 Å². The van der Waals surface area contributed by atoms with Gasteiger partial charge in [0.15, 0.2) is 0 Å². The number of carbonyl (C=O) groups excluding carboxylic acids is 1. The van der Waals surface area contributed by atoms with Crippen LogP contribution in [-0.4, -0.2) is 47.7 Å². The van der Waals surface area contributed by atoms with E-state index in [1.807, 2.05) is 6.92 Å². The molecule has 0 spiro atoms. The molecule has 0 bridgehead atoms. The highest BCUT2D eigenvalue weighted by atomic mass is 16.5. The van der Waals surface area contributed by atoms with Crippen molar-refractivity contribution in [3.63, 3.8) is 0 Å². The maximum Gasteiger partial charge on any atom is 0.326 e. The zero-order valence-electron chi connectivity index (χ0n) is 9.81. The normalized spacial score (nSPS) is 25.5. The monoisotopic (exact) mass is 229 g/mol. The van der Waals surface area contributed by atoms with Crippen LogP contribution in [0.5, 0.6) is 0 Å². The van der Waals surface area contributed by atoms with Gasteiger partial charge in [-0.1, -0.05) is 6.92 Å². The summed E-state index contributed by atoms with van der Waals surface area (Å²) in [4.78, 5) is 24.3. The molecule has 1 heterocycles. The summed E-state index contributed by atoms with van der Waals surface area (Å²) in [6.07, 6.45) is 1.72. The van der Waals surface area contributed by atoms with Crippen molar-refractivity contribution in [2.45, 2.75) is 32.7 Å². The molecule has 1 saturated heterocycles. The van der Waals surface area contributed by atoms with Crippen LogP contribution in [0.25, 0.3) is 0 Å². The Labute approximate surface area is 95.4 Å². The number of aliphatic carboxylic acids is 1. The van der Waals surface area contributed by atoms with Crippen LogP contribution >= 0.6 is 0 Å². The summed E-state index contributed by atoms with van der Waals surface area (Å²) in [5.41, 5.74) is 0. The fraction of sp³-hybridized carbons (Fsp3) is 0.818. The third kappa shape index (κ3) is 2.95. The Kier molecular flexibility index (Phi) is 4.73. The third-order valence-corrected chi connectivity index (χ3v) is 2.94. The maximum absolute atomic E-state index is 11.8. The Morgan fingerprint density at radius 3 is 2.75 bits per heavy atom. The van der Waals surface area contributed by atoms with Gasteiger partial charge in [0.1, 0.15) is 12.6 Å². The lowest BCUT2D eigenvalue weighted by atomic mass is 9.91. The van der Waals surface area contributed by atoms with Gasteiger partial charge in [0, 0.05) is 13.2 Å². The Bertz CT molecular complexity index is 267. The van der Waals surface area contributed by atoms with Crippen LogP contribution in [-0.2, 0) is 14.3 Å². The number of rotatable bonds is 4. The second-order valence-electron chi connectivity index (χ2n) is 4.13. The number of hydrogen-bond acceptors (Lipinski definition) is 3. The van der Waals surface area contributed by atoms with Crippen molar-refractivity contribution in [2.24, 2.45) is 5.92 Å². The van der Waals surface area contributed by atoms with Crippen molar-refractivity contribution in [3.8, 4) is 0 Å². The molecule has 92 valence electrons. The number of carboxylic acids is 1. The minimum atomic E-state index is -0.919. The first kappa shape index (κ1) is 13.0. The van der Waals surface area contributed by atoms with Crippen LogP contribution < -0.4 is 0 Å². The number of ether oxygens (including phenoxy) is 1. The van der Waals surface area contributed by atoms with Crippen LogP contribution in [0, 0.1) is 5.92 Å². The van der Waals surface area contributed by atoms with E-state index in [9.17, 15) is 9.59 Å². The second kappa shape index (κ2) is 5.84. The van der Waals surface area contributed by atoms with E-state index in [1.54, 1.807) is 6.92 Å². The van der Waals surface area contributed by atoms with Gasteiger partial charge in [-0.2, -0.15) is 0 Å². The molecule has 0 aromatic heterocycles. The molecule has 0 radical (unpaired) electrons. The van der Waals surface area contributed by atoms with Crippen LogP contribution in [0.15, 0.2) is 0 Å². The minimum absolute atomic E-state index is 0.0110. The van der Waals surface area contributed by atoms with Gasteiger partial charge in [-0.3, -0.25) is 4.79 Å². The van der Waals surface area contributed by atoms with E-state index in [0.717, 1.165) is 12.8 Å². The summed E-state index contributed by atoms with van der Waals surface area (Å²) in [5, 5.41) is 9.12. The number of amides is 1. The highest BCUT2D eigenvalue weighted by molar-refractivity contribution is 5.84. The molecule has 0 aromatic carbocycles. The summed E-state index contributed by atoms with van der Waals surface area (Å²) < 4.78 is 5.03. The molecule has 1 aliphatic heterocycles. The van der Waals surface area contributed by atoms with Crippen molar-refractivity contribution >= 4 is 11.9 Å². The van der Waals surface area contributed by atoms with Gasteiger partial charge in [-0.25, -0.2) is 4.79 Å². The first-order valence-corrected chi connectivity index (χ1v) is 5.68. The molecule has 5 nitrogen and oxygen atoms in total. The fourth-order valence-electron chi connectivity index (χ4n) is 2.12. The third-order valence-electron chi connectivity index (χ3n) is 2.94. The van der Waals surface area contributed by atoms with E-state index in [4.69, 9.17) is 9.84 Å². The van der Waals surface area contributed by atoms with Gasteiger partial charge < -0.3 is 14.7 Å². The molecule has 0 aromatic rings. The predicted molar refractivity (Wildman–Crippen MR) is 58.0 cm³/mol.